The number of hydrogen-bond donors (Lipinski definition) is 0. The van der Waals surface area contributed by atoms with Crippen molar-refractivity contribution in [1.29, 1.82) is 0 Å². The van der Waals surface area contributed by atoms with Crippen LogP contribution in [0.15, 0.2) is 43.0 Å². The monoisotopic (exact) mass is 164 g/mol. The molecule has 0 saturated carbocycles. The van der Waals surface area contributed by atoms with Gasteiger partial charge in [0.1, 0.15) is 0 Å². The first-order valence-electron chi connectivity index (χ1n) is 3.31. The van der Waals surface area contributed by atoms with E-state index < -0.39 is 11.1 Å². The fraction of sp³-hybridized carbons (Fsp3) is 0. The minimum absolute atomic E-state index is 0.244. The van der Waals surface area contributed by atoms with Crippen LogP contribution in [0.2, 0.25) is 0 Å². The fourth-order valence-corrected chi connectivity index (χ4v) is 0.957. The van der Waals surface area contributed by atoms with E-state index in [0.717, 1.165) is 0 Å². The van der Waals surface area contributed by atoms with Gasteiger partial charge in [0, 0.05) is 0 Å². The molecule has 0 aliphatic heterocycles. The zero-order valence-electron chi connectivity index (χ0n) is 5.94. The van der Waals surface area contributed by atoms with Crippen LogP contribution in [-0.2, 0) is 0 Å². The largest absolute Gasteiger partial charge is 0.426 e. The number of rotatable bonds is 0. The van der Waals surface area contributed by atoms with E-state index in [-0.39, 0.29) is 11.0 Å². The molecule has 0 bridgehead atoms. The van der Waals surface area contributed by atoms with E-state index in [4.69, 9.17) is 0 Å². The third-order valence-electron chi connectivity index (χ3n) is 1.52. The molecule has 0 spiro atoms. The molecule has 4 nitrogen and oxygen atoms in total. The molecule has 4 heteroatoms. The Morgan fingerprint density at radius 1 is 1.00 bits per heavy atom. The van der Waals surface area contributed by atoms with Gasteiger partial charge in [0.15, 0.2) is 5.58 Å². The topological polar surface area (TPSA) is 60.4 Å². The molecular formula is C8H4O4. The summed E-state index contributed by atoms with van der Waals surface area (Å²) in [4.78, 5) is 21.7. The van der Waals surface area contributed by atoms with Gasteiger partial charge < -0.3 is 0 Å². The van der Waals surface area contributed by atoms with Gasteiger partial charge in [-0.3, -0.25) is 9.37 Å². The van der Waals surface area contributed by atoms with Crippen molar-refractivity contribution in [3.63, 3.8) is 0 Å². The smallest absolute Gasteiger partial charge is 0.286 e. The van der Waals surface area contributed by atoms with Crippen LogP contribution >= 0.6 is 0 Å². The molecule has 60 valence electrons. The summed E-state index contributed by atoms with van der Waals surface area (Å²) in [7, 11) is 0. The molecule has 0 atom stereocenters. The molecule has 0 fully saturated rings. The average molecular weight is 164 g/mol. The Bertz CT molecular complexity index is 520. The van der Waals surface area contributed by atoms with Gasteiger partial charge in [-0.1, -0.05) is 12.1 Å². The Hall–Kier alpha value is -1.84. The minimum Gasteiger partial charge on any atom is -0.286 e. The van der Waals surface area contributed by atoms with Gasteiger partial charge in [-0.15, -0.1) is 0 Å². The van der Waals surface area contributed by atoms with Gasteiger partial charge in [-0.05, 0) is 12.1 Å². The highest BCUT2D eigenvalue weighted by molar-refractivity contribution is 5.74. The first-order chi connectivity index (χ1) is 5.79. The van der Waals surface area contributed by atoms with Gasteiger partial charge in [0.05, 0.1) is 5.39 Å². The van der Waals surface area contributed by atoms with Crippen molar-refractivity contribution in [2.75, 3.05) is 0 Å². The van der Waals surface area contributed by atoms with E-state index in [9.17, 15) is 9.59 Å². The maximum Gasteiger partial charge on any atom is 0.426 e. The van der Waals surface area contributed by atoms with Crippen molar-refractivity contribution in [1.82, 2.24) is 0 Å². The van der Waals surface area contributed by atoms with Crippen molar-refractivity contribution in [2.24, 2.45) is 0 Å². The van der Waals surface area contributed by atoms with Crippen molar-refractivity contribution in [2.45, 2.75) is 0 Å². The summed E-state index contributed by atoms with van der Waals surface area (Å²) in [5, 5.41) is 0.244. The van der Waals surface area contributed by atoms with E-state index in [1.807, 2.05) is 0 Å². The Morgan fingerprint density at radius 2 is 1.75 bits per heavy atom. The van der Waals surface area contributed by atoms with Gasteiger partial charge in [-0.25, -0.2) is 9.37 Å². The zero-order chi connectivity index (χ0) is 8.55. The molecule has 2 rings (SSSR count). The van der Waals surface area contributed by atoms with Crippen molar-refractivity contribution >= 4 is 11.0 Å². The first-order valence-corrected chi connectivity index (χ1v) is 3.31. The summed E-state index contributed by atoms with van der Waals surface area (Å²) in [6.07, 6.45) is 0. The Kier molecular flexibility index (Phi) is 1.33. The second kappa shape index (κ2) is 2.34. The Morgan fingerprint density at radius 3 is 2.58 bits per heavy atom. The van der Waals surface area contributed by atoms with E-state index in [1.165, 1.54) is 6.07 Å². The third kappa shape index (κ3) is 0.852. The summed E-state index contributed by atoms with van der Waals surface area (Å²) < 4.78 is 8.66. The SMILES string of the molecule is O=c1ooc2ccccc2c1=O. The lowest BCUT2D eigenvalue weighted by Gasteiger charge is -1.88. The van der Waals surface area contributed by atoms with Gasteiger partial charge in [-0.2, -0.15) is 0 Å². The quantitative estimate of drug-likeness (QED) is 0.425. The summed E-state index contributed by atoms with van der Waals surface area (Å²) in [6.45, 7) is 0. The highest BCUT2D eigenvalue weighted by Crippen LogP contribution is 2.05. The molecule has 1 aromatic heterocycles. The van der Waals surface area contributed by atoms with Gasteiger partial charge in [0.25, 0.3) is 5.43 Å². The molecule has 2 aromatic rings. The van der Waals surface area contributed by atoms with Crippen LogP contribution in [0.3, 0.4) is 0 Å². The second-order valence-electron chi connectivity index (χ2n) is 2.28. The maximum atomic E-state index is 11.1. The summed E-state index contributed by atoms with van der Waals surface area (Å²) >= 11 is 0. The zero-order valence-corrected chi connectivity index (χ0v) is 5.94. The summed E-state index contributed by atoms with van der Waals surface area (Å²) in [6, 6.07) is 6.40. The molecule has 1 heterocycles. The molecule has 0 amide bonds. The fourth-order valence-electron chi connectivity index (χ4n) is 0.957. The van der Waals surface area contributed by atoms with E-state index in [2.05, 4.69) is 9.15 Å². The predicted octanol–water partition coefficient (Wildman–Crippen LogP) is 0.746. The van der Waals surface area contributed by atoms with E-state index >= 15 is 0 Å². The molecule has 0 unspecified atom stereocenters. The predicted molar refractivity (Wildman–Crippen MR) is 41.0 cm³/mol. The molecule has 12 heavy (non-hydrogen) atoms. The lowest BCUT2D eigenvalue weighted by Crippen LogP contribution is -2.21. The maximum absolute atomic E-state index is 11.1. The standard InChI is InChI=1S/C8H4O4/c9-7-5-3-1-2-4-6(5)11-12-8(7)10/h1-4H. The Balaban J connectivity index is 3.11. The van der Waals surface area contributed by atoms with Crippen molar-refractivity contribution < 1.29 is 9.15 Å². The van der Waals surface area contributed by atoms with Crippen LogP contribution in [-0.4, -0.2) is 0 Å². The average Bonchev–Trinajstić information content (AvgIpc) is 2.12. The first kappa shape index (κ1) is 6.84. The molecular weight excluding hydrogens is 160 g/mol. The highest BCUT2D eigenvalue weighted by Gasteiger charge is 2.03. The van der Waals surface area contributed by atoms with Gasteiger partial charge in [0.2, 0.25) is 0 Å². The molecule has 0 N–H and O–H groups in total. The third-order valence-corrected chi connectivity index (χ3v) is 1.52. The molecule has 0 aliphatic carbocycles. The summed E-state index contributed by atoms with van der Waals surface area (Å²) in [5.41, 5.74) is -1.37. The Labute approximate surface area is 66.0 Å². The van der Waals surface area contributed by atoms with Crippen LogP contribution in [0.4, 0.5) is 0 Å². The number of para-hydroxylation sites is 1. The highest BCUT2D eigenvalue weighted by atomic mass is 17.0. The molecule has 0 radical (unpaired) electrons. The van der Waals surface area contributed by atoms with Crippen molar-refractivity contribution in [3.8, 4) is 0 Å². The van der Waals surface area contributed by atoms with E-state index in [1.54, 1.807) is 18.2 Å². The lowest BCUT2D eigenvalue weighted by molar-refractivity contribution is 0.0503. The van der Waals surface area contributed by atoms with Crippen LogP contribution in [0.25, 0.3) is 11.0 Å². The number of fused-ring (bicyclic) bond motifs is 1. The molecule has 0 aliphatic rings. The molecule has 0 saturated heterocycles. The second-order valence-corrected chi connectivity index (χ2v) is 2.28. The normalized spacial score (nSPS) is 10.3. The van der Waals surface area contributed by atoms with Crippen LogP contribution in [0.1, 0.15) is 0 Å². The number of hydrogen-bond acceptors (Lipinski definition) is 4. The van der Waals surface area contributed by atoms with E-state index in [0.29, 0.717) is 0 Å². The lowest BCUT2D eigenvalue weighted by atomic mass is 10.2. The van der Waals surface area contributed by atoms with Crippen LogP contribution in [0.5, 0.6) is 0 Å². The minimum atomic E-state index is -0.978. The van der Waals surface area contributed by atoms with Gasteiger partial charge >= 0.3 is 5.63 Å². The van der Waals surface area contributed by atoms with Crippen LogP contribution < -0.4 is 11.1 Å². The summed E-state index contributed by atoms with van der Waals surface area (Å²) in [5.74, 6) is 0. The van der Waals surface area contributed by atoms with Crippen LogP contribution in [0, 0.1) is 0 Å². The molecule has 1 aromatic carbocycles. The van der Waals surface area contributed by atoms with Crippen molar-refractivity contribution in [3.05, 3.63) is 44.9 Å². The number of benzene rings is 1.